The van der Waals surface area contributed by atoms with Crippen molar-refractivity contribution >= 4 is 29.1 Å². The third kappa shape index (κ3) is 4.23. The minimum Gasteiger partial charge on any atom is -0.478 e. The van der Waals surface area contributed by atoms with Crippen LogP contribution in [0.25, 0.3) is 0 Å². The zero-order valence-electron chi connectivity index (χ0n) is 13.4. The van der Waals surface area contributed by atoms with E-state index in [9.17, 15) is 14.4 Å². The van der Waals surface area contributed by atoms with Gasteiger partial charge in [-0.1, -0.05) is 13.0 Å². The summed E-state index contributed by atoms with van der Waals surface area (Å²) in [7, 11) is 1.46. The number of hydrogen-bond donors (Lipinski definition) is 2. The van der Waals surface area contributed by atoms with Crippen molar-refractivity contribution in [2.45, 2.75) is 19.9 Å². The molecule has 7 nitrogen and oxygen atoms in total. The maximum absolute atomic E-state index is 12.3. The monoisotopic (exact) mass is 350 g/mol. The molecule has 2 aromatic heterocycles. The molecule has 0 aromatic carbocycles. The van der Waals surface area contributed by atoms with Crippen molar-refractivity contribution in [2.75, 3.05) is 13.6 Å². The van der Waals surface area contributed by atoms with Crippen molar-refractivity contribution < 1.29 is 23.9 Å². The Kier molecular flexibility index (Phi) is 5.75. The van der Waals surface area contributed by atoms with Crippen LogP contribution in [0.5, 0.6) is 0 Å². The zero-order valence-corrected chi connectivity index (χ0v) is 14.2. The lowest BCUT2D eigenvalue weighted by molar-refractivity contribution is -0.121. The minimum absolute atomic E-state index is 0.0311. The number of carboxylic acids is 1. The molecule has 0 bridgehead atoms. The van der Waals surface area contributed by atoms with E-state index in [0.717, 1.165) is 4.88 Å². The molecule has 0 aliphatic carbocycles. The van der Waals surface area contributed by atoms with Gasteiger partial charge in [0.15, 0.2) is 5.76 Å². The van der Waals surface area contributed by atoms with Gasteiger partial charge in [0.05, 0.1) is 13.1 Å². The first kappa shape index (κ1) is 17.7. The summed E-state index contributed by atoms with van der Waals surface area (Å²) in [5, 5.41) is 13.7. The summed E-state index contributed by atoms with van der Waals surface area (Å²) in [4.78, 5) is 37.5. The van der Waals surface area contributed by atoms with Gasteiger partial charge >= 0.3 is 5.97 Å². The SMILES string of the molecule is CCc1oc(C(=O)N(C)CC(=O)NCc2cccs2)cc1C(=O)O. The number of hydrogen-bond acceptors (Lipinski definition) is 5. The highest BCUT2D eigenvalue weighted by Crippen LogP contribution is 2.17. The summed E-state index contributed by atoms with van der Waals surface area (Å²) >= 11 is 1.53. The van der Waals surface area contributed by atoms with Gasteiger partial charge in [-0.25, -0.2) is 4.79 Å². The molecule has 0 aliphatic heterocycles. The van der Waals surface area contributed by atoms with Crippen LogP contribution in [0.2, 0.25) is 0 Å². The van der Waals surface area contributed by atoms with Crippen LogP contribution in [0.3, 0.4) is 0 Å². The van der Waals surface area contributed by atoms with Crippen LogP contribution < -0.4 is 5.32 Å². The van der Waals surface area contributed by atoms with Crippen molar-refractivity contribution in [3.8, 4) is 0 Å². The fraction of sp³-hybridized carbons (Fsp3) is 0.312. The Morgan fingerprint density at radius 1 is 1.38 bits per heavy atom. The Hall–Kier alpha value is -2.61. The van der Waals surface area contributed by atoms with Gasteiger partial charge in [0.25, 0.3) is 5.91 Å². The average Bonchev–Trinajstić information content (AvgIpc) is 3.21. The van der Waals surface area contributed by atoms with Gasteiger partial charge in [-0.05, 0) is 11.4 Å². The predicted molar refractivity (Wildman–Crippen MR) is 88.2 cm³/mol. The lowest BCUT2D eigenvalue weighted by Crippen LogP contribution is -2.37. The molecule has 2 N–H and O–H groups in total. The third-order valence-electron chi connectivity index (χ3n) is 3.34. The highest BCUT2D eigenvalue weighted by molar-refractivity contribution is 7.09. The first-order valence-corrected chi connectivity index (χ1v) is 8.20. The van der Waals surface area contributed by atoms with Crippen LogP contribution in [-0.4, -0.2) is 41.4 Å². The number of nitrogens with one attached hydrogen (secondary N) is 1. The normalized spacial score (nSPS) is 10.4. The van der Waals surface area contributed by atoms with Crippen molar-refractivity contribution in [1.29, 1.82) is 0 Å². The topological polar surface area (TPSA) is 99.9 Å². The number of nitrogens with zero attached hydrogens (tertiary/aromatic N) is 1. The molecule has 8 heteroatoms. The minimum atomic E-state index is -1.15. The molecule has 24 heavy (non-hydrogen) atoms. The number of carbonyl (C=O) groups excluding carboxylic acids is 2. The van der Waals surface area contributed by atoms with Crippen molar-refractivity contribution in [3.05, 3.63) is 45.5 Å². The molecule has 0 aliphatic rings. The molecule has 0 spiro atoms. The number of aryl methyl sites for hydroxylation is 1. The maximum atomic E-state index is 12.3. The maximum Gasteiger partial charge on any atom is 0.339 e. The molecule has 0 radical (unpaired) electrons. The van der Waals surface area contributed by atoms with E-state index in [2.05, 4.69) is 5.32 Å². The molecular weight excluding hydrogens is 332 g/mol. The van der Waals surface area contributed by atoms with Gasteiger partial charge < -0.3 is 19.7 Å². The number of amides is 2. The molecule has 0 atom stereocenters. The molecule has 0 fully saturated rings. The molecule has 2 amide bonds. The standard InChI is InChI=1S/C16H18N2O5S/c1-3-12-11(16(21)22)7-13(23-12)15(20)18(2)9-14(19)17-8-10-5-4-6-24-10/h4-7H,3,8-9H2,1-2H3,(H,17,19)(H,21,22). The van der Waals surface area contributed by atoms with Crippen LogP contribution in [0.1, 0.15) is 38.5 Å². The van der Waals surface area contributed by atoms with Crippen LogP contribution in [-0.2, 0) is 17.8 Å². The Bertz CT molecular complexity index is 736. The third-order valence-corrected chi connectivity index (χ3v) is 4.22. The molecule has 0 saturated heterocycles. The molecule has 2 rings (SSSR count). The average molecular weight is 350 g/mol. The fourth-order valence-corrected chi connectivity index (χ4v) is 2.75. The van der Waals surface area contributed by atoms with Gasteiger partial charge in [-0.15, -0.1) is 11.3 Å². The van der Waals surface area contributed by atoms with Gasteiger partial charge in [-0.2, -0.15) is 0 Å². The molecule has 2 aromatic rings. The lowest BCUT2D eigenvalue weighted by Gasteiger charge is -2.15. The quantitative estimate of drug-likeness (QED) is 0.795. The largest absolute Gasteiger partial charge is 0.478 e. The Morgan fingerprint density at radius 2 is 2.12 bits per heavy atom. The molecule has 128 valence electrons. The van der Waals surface area contributed by atoms with E-state index < -0.39 is 11.9 Å². The van der Waals surface area contributed by atoms with E-state index in [1.54, 1.807) is 6.92 Å². The predicted octanol–water partition coefficient (Wildman–Crippen LogP) is 1.99. The lowest BCUT2D eigenvalue weighted by atomic mass is 10.2. The highest BCUT2D eigenvalue weighted by Gasteiger charge is 2.23. The fourth-order valence-electron chi connectivity index (χ4n) is 2.11. The molecule has 2 heterocycles. The van der Waals surface area contributed by atoms with Gasteiger partial charge in [0.1, 0.15) is 11.3 Å². The van der Waals surface area contributed by atoms with Gasteiger partial charge in [0, 0.05) is 24.4 Å². The van der Waals surface area contributed by atoms with Gasteiger partial charge in [-0.3, -0.25) is 9.59 Å². The van der Waals surface area contributed by atoms with Gasteiger partial charge in [0.2, 0.25) is 5.91 Å². The summed E-state index contributed by atoms with van der Waals surface area (Å²) in [6.07, 6.45) is 0.361. The zero-order chi connectivity index (χ0) is 17.7. The Balaban J connectivity index is 1.96. The summed E-state index contributed by atoms with van der Waals surface area (Å²) in [6, 6.07) is 5.00. The Morgan fingerprint density at radius 3 is 2.67 bits per heavy atom. The van der Waals surface area contributed by atoms with Crippen LogP contribution in [0.4, 0.5) is 0 Å². The number of aromatic carboxylic acids is 1. The number of rotatable bonds is 7. The van der Waals surface area contributed by atoms with E-state index in [1.807, 2.05) is 17.5 Å². The first-order valence-electron chi connectivity index (χ1n) is 7.33. The number of likely N-dealkylation sites (N-methyl/N-ethyl adjacent to an activating group) is 1. The number of thiophene rings is 1. The highest BCUT2D eigenvalue weighted by atomic mass is 32.1. The summed E-state index contributed by atoms with van der Waals surface area (Å²) < 4.78 is 5.31. The van der Waals surface area contributed by atoms with E-state index in [-0.39, 0.29) is 29.5 Å². The van der Waals surface area contributed by atoms with E-state index in [1.165, 1.54) is 29.4 Å². The first-order chi connectivity index (χ1) is 11.4. The van der Waals surface area contributed by atoms with Crippen molar-refractivity contribution in [1.82, 2.24) is 10.2 Å². The van der Waals surface area contributed by atoms with Crippen LogP contribution in [0.15, 0.2) is 28.0 Å². The second-order valence-electron chi connectivity index (χ2n) is 5.12. The summed E-state index contributed by atoms with van der Waals surface area (Å²) in [6.45, 7) is 2.00. The second-order valence-corrected chi connectivity index (χ2v) is 6.16. The molecule has 0 unspecified atom stereocenters. The second kappa shape index (κ2) is 7.78. The van der Waals surface area contributed by atoms with E-state index >= 15 is 0 Å². The smallest absolute Gasteiger partial charge is 0.339 e. The van der Waals surface area contributed by atoms with Crippen LogP contribution in [0, 0.1) is 0 Å². The van der Waals surface area contributed by atoms with E-state index in [0.29, 0.717) is 13.0 Å². The molecular formula is C16H18N2O5S. The van der Waals surface area contributed by atoms with Crippen molar-refractivity contribution in [3.63, 3.8) is 0 Å². The van der Waals surface area contributed by atoms with Crippen molar-refractivity contribution in [2.24, 2.45) is 0 Å². The van der Waals surface area contributed by atoms with E-state index in [4.69, 9.17) is 9.52 Å². The van der Waals surface area contributed by atoms with Crippen LogP contribution >= 0.6 is 11.3 Å². The number of carbonyl (C=O) groups is 3. The molecule has 0 saturated carbocycles. The number of furan rings is 1. The summed E-state index contributed by atoms with van der Waals surface area (Å²) in [5.41, 5.74) is -0.0311. The number of carboxylic acid groups (broad SMARTS) is 1. The summed E-state index contributed by atoms with van der Waals surface area (Å²) in [5.74, 6) is -1.84. The Labute approximate surface area is 142 Å².